The predicted molar refractivity (Wildman–Crippen MR) is 94.3 cm³/mol. The van der Waals surface area contributed by atoms with Crippen molar-refractivity contribution in [2.75, 3.05) is 13.1 Å². The van der Waals surface area contributed by atoms with Crippen molar-refractivity contribution in [2.24, 2.45) is 0 Å². The van der Waals surface area contributed by atoms with Crippen LogP contribution in [0.2, 0.25) is 0 Å². The highest BCUT2D eigenvalue weighted by molar-refractivity contribution is 5.81. The van der Waals surface area contributed by atoms with E-state index in [-0.39, 0.29) is 23.9 Å². The lowest BCUT2D eigenvalue weighted by atomic mass is 10.1. The molecule has 24 heavy (non-hydrogen) atoms. The summed E-state index contributed by atoms with van der Waals surface area (Å²) in [6.45, 7) is 6.28. The minimum absolute atomic E-state index is 0.00907. The van der Waals surface area contributed by atoms with E-state index in [2.05, 4.69) is 27.3 Å². The second-order valence-corrected chi connectivity index (χ2v) is 6.31. The molecule has 4 N–H and O–H groups in total. The summed E-state index contributed by atoms with van der Waals surface area (Å²) in [5.41, 5.74) is 2.24. The van der Waals surface area contributed by atoms with Crippen LogP contribution in [0.5, 0.6) is 0 Å². The molecular formula is C18H28N4O2. The van der Waals surface area contributed by atoms with Gasteiger partial charge in [0.15, 0.2) is 0 Å². The number of rotatable bonds is 0. The maximum Gasteiger partial charge on any atom is 0.236 e. The van der Waals surface area contributed by atoms with Gasteiger partial charge < -0.3 is 21.3 Å². The largest absolute Gasteiger partial charge is 0.355 e. The molecule has 0 saturated heterocycles. The van der Waals surface area contributed by atoms with Crippen LogP contribution in [0, 0.1) is 0 Å². The number of fused-ring (bicyclic) bond motifs is 2. The van der Waals surface area contributed by atoms with Gasteiger partial charge in [-0.3, -0.25) is 9.59 Å². The first-order valence-electron chi connectivity index (χ1n) is 8.66. The molecule has 2 bridgehead atoms. The topological polar surface area (TPSA) is 82.3 Å². The maximum atomic E-state index is 12.0. The zero-order chi connectivity index (χ0) is 17.4. The van der Waals surface area contributed by atoms with Gasteiger partial charge in [-0.1, -0.05) is 24.3 Å². The third-order valence-electron chi connectivity index (χ3n) is 4.20. The fraction of sp³-hybridized carbons (Fsp3) is 0.556. The van der Waals surface area contributed by atoms with E-state index < -0.39 is 0 Å². The van der Waals surface area contributed by atoms with Crippen LogP contribution in [0.25, 0.3) is 0 Å². The average Bonchev–Trinajstić information content (AvgIpc) is 2.59. The van der Waals surface area contributed by atoms with Crippen molar-refractivity contribution in [3.63, 3.8) is 0 Å². The van der Waals surface area contributed by atoms with Gasteiger partial charge in [0.25, 0.3) is 0 Å². The molecule has 132 valence electrons. The number of carbonyl (C=O) groups excluding carboxylic acids is 2. The Kier molecular flexibility index (Phi) is 7.21. The highest BCUT2D eigenvalue weighted by Gasteiger charge is 2.13. The van der Waals surface area contributed by atoms with E-state index in [0.717, 1.165) is 24.0 Å². The number of amides is 2. The molecular weight excluding hydrogens is 304 g/mol. The second kappa shape index (κ2) is 9.39. The van der Waals surface area contributed by atoms with Crippen LogP contribution in [0.4, 0.5) is 0 Å². The molecule has 1 aromatic carbocycles. The number of hydrogen-bond acceptors (Lipinski definition) is 4. The Balaban J connectivity index is 2.03. The Hall–Kier alpha value is -1.92. The fourth-order valence-corrected chi connectivity index (χ4v) is 2.56. The molecule has 0 saturated carbocycles. The Morgan fingerprint density at radius 1 is 0.833 bits per heavy atom. The third kappa shape index (κ3) is 5.94. The molecule has 0 radical (unpaired) electrons. The van der Waals surface area contributed by atoms with Crippen molar-refractivity contribution < 1.29 is 9.59 Å². The lowest BCUT2D eigenvalue weighted by Gasteiger charge is -2.15. The van der Waals surface area contributed by atoms with Gasteiger partial charge in [0.2, 0.25) is 11.8 Å². The van der Waals surface area contributed by atoms with E-state index in [1.54, 1.807) is 0 Å². The van der Waals surface area contributed by atoms with Crippen LogP contribution in [-0.4, -0.2) is 37.0 Å². The van der Waals surface area contributed by atoms with Crippen molar-refractivity contribution in [1.82, 2.24) is 21.3 Å². The number of hydrogen-bond donors (Lipinski definition) is 4. The standard InChI is InChI=1S/C18H28N4O2/c1-13-17(23)19-8-3-4-9-20-18(24)14(2)22-12-16-7-5-6-15(10-16)11-21-13/h5-7,10,13-14,21-22H,3-4,8-9,11-12H2,1-2H3,(H,19,23)(H,20,24)/t13-,14-/m0/s1. The first-order valence-corrected chi connectivity index (χ1v) is 8.66. The van der Waals surface area contributed by atoms with E-state index in [1.807, 2.05) is 32.0 Å². The van der Waals surface area contributed by atoms with E-state index in [1.165, 1.54) is 0 Å². The summed E-state index contributed by atoms with van der Waals surface area (Å²) in [5.74, 6) is 0.0181. The zero-order valence-electron chi connectivity index (χ0n) is 14.5. The van der Waals surface area contributed by atoms with E-state index in [4.69, 9.17) is 0 Å². The van der Waals surface area contributed by atoms with Crippen molar-refractivity contribution in [3.05, 3.63) is 35.4 Å². The highest BCUT2D eigenvalue weighted by atomic mass is 16.2. The molecule has 0 spiro atoms. The molecule has 2 amide bonds. The lowest BCUT2D eigenvalue weighted by molar-refractivity contribution is -0.123. The minimum Gasteiger partial charge on any atom is -0.355 e. The van der Waals surface area contributed by atoms with Gasteiger partial charge in [-0.05, 0) is 37.8 Å². The third-order valence-corrected chi connectivity index (χ3v) is 4.20. The molecule has 0 unspecified atom stereocenters. The maximum absolute atomic E-state index is 12.0. The van der Waals surface area contributed by atoms with Crippen LogP contribution in [0.3, 0.4) is 0 Å². The van der Waals surface area contributed by atoms with Crippen LogP contribution >= 0.6 is 0 Å². The molecule has 0 fully saturated rings. The van der Waals surface area contributed by atoms with Crippen molar-refractivity contribution in [2.45, 2.75) is 51.9 Å². The predicted octanol–water partition coefficient (Wildman–Crippen LogP) is 0.669. The second-order valence-electron chi connectivity index (χ2n) is 6.31. The average molecular weight is 332 g/mol. The minimum atomic E-state index is -0.234. The molecule has 1 heterocycles. The monoisotopic (exact) mass is 332 g/mol. The summed E-state index contributed by atoms with van der Waals surface area (Å²) < 4.78 is 0. The molecule has 1 aliphatic rings. The molecule has 6 heteroatoms. The summed E-state index contributed by atoms with van der Waals surface area (Å²) in [4.78, 5) is 24.1. The van der Waals surface area contributed by atoms with E-state index in [0.29, 0.717) is 26.2 Å². The quantitative estimate of drug-likeness (QED) is 0.563. The summed E-state index contributed by atoms with van der Waals surface area (Å²) in [6.07, 6.45) is 1.70. The summed E-state index contributed by atoms with van der Waals surface area (Å²) in [7, 11) is 0. The molecule has 1 aromatic rings. The van der Waals surface area contributed by atoms with Crippen molar-refractivity contribution in [1.29, 1.82) is 0 Å². The van der Waals surface area contributed by atoms with Gasteiger partial charge in [0.1, 0.15) is 0 Å². The van der Waals surface area contributed by atoms with Gasteiger partial charge in [-0.15, -0.1) is 0 Å². The van der Waals surface area contributed by atoms with Gasteiger partial charge >= 0.3 is 0 Å². The Morgan fingerprint density at radius 2 is 1.29 bits per heavy atom. The molecule has 2 atom stereocenters. The zero-order valence-corrected chi connectivity index (χ0v) is 14.5. The highest BCUT2D eigenvalue weighted by Crippen LogP contribution is 2.06. The Bertz CT molecular complexity index is 516. The smallest absolute Gasteiger partial charge is 0.236 e. The summed E-state index contributed by atoms with van der Waals surface area (Å²) in [6, 6.07) is 7.69. The molecule has 0 aliphatic carbocycles. The first-order chi connectivity index (χ1) is 11.6. The molecule has 2 rings (SSSR count). The number of carbonyl (C=O) groups is 2. The number of benzene rings is 1. The SMILES string of the molecule is C[C@@H]1NCc2cccc(c2)CN[C@@H](C)C(=O)NCCCCNC1=O. The normalized spacial score (nSPS) is 24.6. The molecule has 0 aromatic heterocycles. The van der Waals surface area contributed by atoms with Gasteiger partial charge in [0.05, 0.1) is 12.1 Å². The van der Waals surface area contributed by atoms with Crippen LogP contribution < -0.4 is 21.3 Å². The van der Waals surface area contributed by atoms with Gasteiger partial charge in [-0.2, -0.15) is 0 Å². The van der Waals surface area contributed by atoms with Crippen molar-refractivity contribution in [3.8, 4) is 0 Å². The van der Waals surface area contributed by atoms with E-state index in [9.17, 15) is 9.59 Å². The number of nitrogens with one attached hydrogen (secondary N) is 4. The van der Waals surface area contributed by atoms with E-state index >= 15 is 0 Å². The fourth-order valence-electron chi connectivity index (χ4n) is 2.56. The Morgan fingerprint density at radius 3 is 1.75 bits per heavy atom. The van der Waals surface area contributed by atoms with Crippen molar-refractivity contribution >= 4 is 11.8 Å². The first kappa shape index (κ1) is 18.4. The molecule has 6 nitrogen and oxygen atoms in total. The van der Waals surface area contributed by atoms with Gasteiger partial charge in [0, 0.05) is 26.2 Å². The summed E-state index contributed by atoms with van der Waals surface area (Å²) >= 11 is 0. The molecule has 1 aliphatic heterocycles. The van der Waals surface area contributed by atoms with Gasteiger partial charge in [-0.25, -0.2) is 0 Å². The van der Waals surface area contributed by atoms with Crippen LogP contribution in [-0.2, 0) is 22.7 Å². The summed E-state index contributed by atoms with van der Waals surface area (Å²) in [5, 5.41) is 12.4. The Labute approximate surface area is 143 Å². The van der Waals surface area contributed by atoms with Crippen LogP contribution in [0.1, 0.15) is 37.8 Å². The van der Waals surface area contributed by atoms with Crippen LogP contribution in [0.15, 0.2) is 24.3 Å². The lowest BCUT2D eigenvalue weighted by Crippen LogP contribution is -2.42.